The molecule has 0 saturated heterocycles. The minimum Gasteiger partial charge on any atom is -0.326 e. The second kappa shape index (κ2) is 9.05. The lowest BCUT2D eigenvalue weighted by Crippen LogP contribution is -2.17. The normalized spacial score (nSPS) is 10.9. The summed E-state index contributed by atoms with van der Waals surface area (Å²) in [4.78, 5) is 24.3. The van der Waals surface area contributed by atoms with Crippen LogP contribution in [0.1, 0.15) is 35.3 Å². The van der Waals surface area contributed by atoms with Gasteiger partial charge >= 0.3 is 0 Å². The third kappa shape index (κ3) is 5.12. The molecule has 7 heteroatoms. The van der Waals surface area contributed by atoms with Gasteiger partial charge in [0.25, 0.3) is 0 Å². The minimum atomic E-state index is -0.0953. The first-order chi connectivity index (χ1) is 13.8. The number of nitrogens with one attached hydrogen (secondary N) is 1. The number of anilines is 1. The van der Waals surface area contributed by atoms with Gasteiger partial charge < -0.3 is 5.32 Å². The molecule has 0 radical (unpaired) electrons. The number of benzene rings is 2. The molecule has 1 amide bonds. The number of thioether (sulfide) groups is 1. The summed E-state index contributed by atoms with van der Waals surface area (Å²) in [6.45, 7) is 7.74. The summed E-state index contributed by atoms with van der Waals surface area (Å²) in [7, 11) is 0. The summed E-state index contributed by atoms with van der Waals surface area (Å²) in [5.41, 5.74) is 4.55. The highest BCUT2D eigenvalue weighted by Gasteiger charge is 2.14. The molecule has 150 valence electrons. The van der Waals surface area contributed by atoms with E-state index in [2.05, 4.69) is 33.7 Å². The lowest BCUT2D eigenvalue weighted by molar-refractivity contribution is -0.118. The van der Waals surface area contributed by atoms with Gasteiger partial charge in [0.15, 0.2) is 10.9 Å². The number of Topliss-reactive ketones (excluding diaryl/α,β-unsaturated/α-hetero) is 1. The predicted molar refractivity (Wildman–Crippen MR) is 116 cm³/mol. The van der Waals surface area contributed by atoms with Gasteiger partial charge in [0.2, 0.25) is 5.91 Å². The van der Waals surface area contributed by atoms with E-state index in [-0.39, 0.29) is 23.4 Å². The largest absolute Gasteiger partial charge is 0.326 e. The number of nitrogens with zero attached hydrogens (tertiary/aromatic N) is 3. The molecule has 3 aromatic rings. The van der Waals surface area contributed by atoms with Crippen molar-refractivity contribution >= 4 is 29.1 Å². The van der Waals surface area contributed by atoms with Crippen LogP contribution in [0.3, 0.4) is 0 Å². The fraction of sp³-hybridized carbons (Fsp3) is 0.273. The van der Waals surface area contributed by atoms with Crippen LogP contribution in [-0.2, 0) is 4.79 Å². The molecule has 3 rings (SSSR count). The van der Waals surface area contributed by atoms with Crippen LogP contribution >= 0.6 is 11.8 Å². The Kier molecular flexibility index (Phi) is 6.49. The van der Waals surface area contributed by atoms with Crippen LogP contribution in [-0.4, -0.2) is 32.2 Å². The Hall–Kier alpha value is -2.93. The van der Waals surface area contributed by atoms with Gasteiger partial charge in [0, 0.05) is 17.2 Å². The molecule has 2 aromatic carbocycles. The van der Waals surface area contributed by atoms with Crippen LogP contribution in [0.5, 0.6) is 0 Å². The molecule has 1 heterocycles. The number of hydrogen-bond acceptors (Lipinski definition) is 5. The summed E-state index contributed by atoms with van der Waals surface area (Å²) in [6.07, 6.45) is 1.67. The first-order valence-electron chi connectivity index (χ1n) is 9.39. The first-order valence-corrected chi connectivity index (χ1v) is 10.4. The summed E-state index contributed by atoms with van der Waals surface area (Å²) in [5, 5.41) is 11.7. The molecular weight excluding hydrogens is 384 g/mol. The molecule has 1 aromatic heterocycles. The van der Waals surface area contributed by atoms with E-state index in [0.29, 0.717) is 16.4 Å². The Balaban J connectivity index is 1.67. The van der Waals surface area contributed by atoms with E-state index in [1.54, 1.807) is 30.6 Å². The standard InChI is InChI=1S/C22H24N4O2S/c1-14(2)21(28)24-18-9-7-17(8-10-18)20(27)12-29-22-25-23-13-26(22)19-11-15(3)5-6-16(19)4/h5-11,13-14H,12H2,1-4H3,(H,24,28). The van der Waals surface area contributed by atoms with Gasteiger partial charge in [-0.1, -0.05) is 37.7 Å². The van der Waals surface area contributed by atoms with Gasteiger partial charge in [-0.15, -0.1) is 10.2 Å². The molecule has 6 nitrogen and oxygen atoms in total. The fourth-order valence-electron chi connectivity index (χ4n) is 2.71. The van der Waals surface area contributed by atoms with E-state index >= 15 is 0 Å². The van der Waals surface area contributed by atoms with E-state index in [1.807, 2.05) is 32.3 Å². The van der Waals surface area contributed by atoms with Gasteiger partial charge in [-0.3, -0.25) is 14.2 Å². The number of ketones is 1. The third-order valence-corrected chi connectivity index (χ3v) is 5.41. The van der Waals surface area contributed by atoms with Crippen molar-refractivity contribution in [3.05, 3.63) is 65.5 Å². The second-order valence-corrected chi connectivity index (χ2v) is 8.15. The Morgan fingerprint density at radius 1 is 1.10 bits per heavy atom. The molecular formula is C22H24N4O2S. The molecule has 0 aliphatic carbocycles. The number of hydrogen-bond donors (Lipinski definition) is 1. The summed E-state index contributed by atoms with van der Waals surface area (Å²) >= 11 is 1.35. The van der Waals surface area contributed by atoms with Crippen molar-refractivity contribution in [3.63, 3.8) is 0 Å². The van der Waals surface area contributed by atoms with Crippen LogP contribution in [0.4, 0.5) is 5.69 Å². The molecule has 0 fully saturated rings. The van der Waals surface area contributed by atoms with Crippen LogP contribution in [0.25, 0.3) is 5.69 Å². The van der Waals surface area contributed by atoms with Crippen molar-refractivity contribution in [2.24, 2.45) is 5.92 Å². The maximum absolute atomic E-state index is 12.6. The van der Waals surface area contributed by atoms with Gasteiger partial charge in [0.1, 0.15) is 6.33 Å². The Morgan fingerprint density at radius 2 is 1.83 bits per heavy atom. The lowest BCUT2D eigenvalue weighted by Gasteiger charge is -2.10. The Bertz CT molecular complexity index is 1030. The second-order valence-electron chi connectivity index (χ2n) is 7.21. The van der Waals surface area contributed by atoms with Crippen molar-refractivity contribution in [2.75, 3.05) is 11.1 Å². The van der Waals surface area contributed by atoms with Crippen LogP contribution in [0.15, 0.2) is 53.9 Å². The molecule has 0 spiro atoms. The summed E-state index contributed by atoms with van der Waals surface area (Å²) in [5.74, 6) is 0.0982. The number of rotatable bonds is 7. The molecule has 0 aliphatic heterocycles. The summed E-state index contributed by atoms with van der Waals surface area (Å²) in [6, 6.07) is 13.2. The van der Waals surface area contributed by atoms with Gasteiger partial charge in [0.05, 0.1) is 11.4 Å². The maximum Gasteiger partial charge on any atom is 0.226 e. The van der Waals surface area contributed by atoms with Crippen molar-refractivity contribution in [1.82, 2.24) is 14.8 Å². The highest BCUT2D eigenvalue weighted by atomic mass is 32.2. The quantitative estimate of drug-likeness (QED) is 0.462. The SMILES string of the molecule is Cc1ccc(C)c(-n2cnnc2SCC(=O)c2ccc(NC(=O)C(C)C)cc2)c1. The van der Waals surface area contributed by atoms with Gasteiger partial charge in [-0.25, -0.2) is 0 Å². The number of aromatic nitrogens is 3. The van der Waals surface area contributed by atoms with Crippen LogP contribution < -0.4 is 5.32 Å². The van der Waals surface area contributed by atoms with Crippen LogP contribution in [0.2, 0.25) is 0 Å². The molecule has 0 saturated carbocycles. The van der Waals surface area contributed by atoms with Crippen molar-refractivity contribution in [1.29, 1.82) is 0 Å². The zero-order chi connectivity index (χ0) is 21.0. The predicted octanol–water partition coefficient (Wildman–Crippen LogP) is 4.45. The van der Waals surface area contributed by atoms with E-state index in [9.17, 15) is 9.59 Å². The highest BCUT2D eigenvalue weighted by Crippen LogP contribution is 2.24. The lowest BCUT2D eigenvalue weighted by atomic mass is 10.1. The number of aryl methyl sites for hydroxylation is 2. The molecule has 29 heavy (non-hydrogen) atoms. The van der Waals surface area contributed by atoms with E-state index in [4.69, 9.17) is 0 Å². The zero-order valence-electron chi connectivity index (χ0n) is 17.0. The van der Waals surface area contributed by atoms with Crippen molar-refractivity contribution < 1.29 is 9.59 Å². The minimum absolute atomic E-state index is 0.00718. The number of carbonyl (C=O) groups is 2. The van der Waals surface area contributed by atoms with Crippen molar-refractivity contribution in [2.45, 2.75) is 32.9 Å². The van der Waals surface area contributed by atoms with E-state index < -0.39 is 0 Å². The smallest absolute Gasteiger partial charge is 0.226 e. The van der Waals surface area contributed by atoms with Gasteiger partial charge in [-0.2, -0.15) is 0 Å². The summed E-state index contributed by atoms with van der Waals surface area (Å²) < 4.78 is 1.91. The zero-order valence-corrected chi connectivity index (χ0v) is 17.8. The topological polar surface area (TPSA) is 76.9 Å². The number of amides is 1. The fourth-order valence-corrected chi connectivity index (χ4v) is 3.52. The van der Waals surface area contributed by atoms with E-state index in [0.717, 1.165) is 16.8 Å². The molecule has 0 unspecified atom stereocenters. The van der Waals surface area contributed by atoms with Crippen molar-refractivity contribution in [3.8, 4) is 5.69 Å². The maximum atomic E-state index is 12.6. The van der Waals surface area contributed by atoms with Gasteiger partial charge in [-0.05, 0) is 55.3 Å². The Morgan fingerprint density at radius 3 is 2.52 bits per heavy atom. The third-order valence-electron chi connectivity index (χ3n) is 4.47. The van der Waals surface area contributed by atoms with Crippen LogP contribution in [0, 0.1) is 19.8 Å². The monoisotopic (exact) mass is 408 g/mol. The Labute approximate surface area is 174 Å². The average Bonchev–Trinajstić information content (AvgIpc) is 3.16. The molecule has 0 bridgehead atoms. The first kappa shape index (κ1) is 20.8. The molecule has 1 N–H and O–H groups in total. The van der Waals surface area contributed by atoms with E-state index in [1.165, 1.54) is 11.8 Å². The average molecular weight is 409 g/mol. The molecule has 0 aliphatic rings. The molecule has 0 atom stereocenters. The highest BCUT2D eigenvalue weighted by molar-refractivity contribution is 7.99. The number of carbonyl (C=O) groups excluding carboxylic acids is 2.